The average Bonchev–Trinajstić information content (AvgIpc) is 2.38. The summed E-state index contributed by atoms with van der Waals surface area (Å²) in [7, 11) is 1.66. The zero-order valence-electron chi connectivity index (χ0n) is 10.3. The number of methoxy groups -OCH3 is 1. The Hall–Kier alpha value is -2.06. The fourth-order valence-corrected chi connectivity index (χ4v) is 2.03. The second-order valence-corrected chi connectivity index (χ2v) is 4.16. The van der Waals surface area contributed by atoms with Crippen molar-refractivity contribution >= 4 is 17.3 Å². The van der Waals surface area contributed by atoms with Crippen LogP contribution in [0.2, 0.25) is 0 Å². The molecule has 0 bridgehead atoms. The molecule has 1 heterocycles. The van der Waals surface area contributed by atoms with Crippen LogP contribution in [0.4, 0.5) is 11.4 Å². The number of hydrogen-bond donors (Lipinski definition) is 1. The number of rotatable bonds is 4. The van der Waals surface area contributed by atoms with Crippen molar-refractivity contribution in [2.75, 3.05) is 37.0 Å². The molecule has 1 aromatic carbocycles. The normalized spacial score (nSPS) is 13.8. The molecule has 1 amide bonds. The van der Waals surface area contributed by atoms with E-state index in [1.807, 2.05) is 11.0 Å². The van der Waals surface area contributed by atoms with Gasteiger partial charge in [-0.05, 0) is 24.6 Å². The molecule has 1 aliphatic heterocycles. The van der Waals surface area contributed by atoms with Gasteiger partial charge < -0.3 is 15.0 Å². The van der Waals surface area contributed by atoms with E-state index in [2.05, 4.69) is 11.4 Å². The van der Waals surface area contributed by atoms with Crippen molar-refractivity contribution in [3.63, 3.8) is 0 Å². The number of amides is 1. The van der Waals surface area contributed by atoms with Crippen LogP contribution < -0.4 is 10.2 Å². The summed E-state index contributed by atoms with van der Waals surface area (Å²) in [6.45, 7) is 1.78. The number of carbonyl (C=O) groups is 1. The smallest absolute Gasteiger partial charge is 0.243 e. The van der Waals surface area contributed by atoms with E-state index >= 15 is 0 Å². The molecule has 1 aromatic rings. The van der Waals surface area contributed by atoms with E-state index in [0.29, 0.717) is 24.4 Å². The second kappa shape index (κ2) is 5.52. The Morgan fingerprint density at radius 2 is 2.39 bits per heavy atom. The lowest BCUT2D eigenvalue weighted by Gasteiger charge is -2.30. The number of nitrogens with zero attached hydrogens (tertiary/aromatic N) is 2. The molecule has 2 rings (SSSR count). The SMILES string of the molecule is COCCCN1CC(=O)Nc2cc(C#N)ccc21. The third kappa shape index (κ3) is 2.60. The molecule has 1 aliphatic rings. The summed E-state index contributed by atoms with van der Waals surface area (Å²) in [6, 6.07) is 7.41. The average molecular weight is 245 g/mol. The van der Waals surface area contributed by atoms with Gasteiger partial charge in [-0.25, -0.2) is 0 Å². The molecule has 0 radical (unpaired) electrons. The lowest BCUT2D eigenvalue weighted by Crippen LogP contribution is -2.39. The van der Waals surface area contributed by atoms with Gasteiger partial charge in [0, 0.05) is 20.3 Å². The lowest BCUT2D eigenvalue weighted by molar-refractivity contribution is -0.115. The van der Waals surface area contributed by atoms with Crippen LogP contribution in [0.25, 0.3) is 0 Å². The van der Waals surface area contributed by atoms with Crippen molar-refractivity contribution in [3.05, 3.63) is 23.8 Å². The van der Waals surface area contributed by atoms with Gasteiger partial charge in [-0.2, -0.15) is 5.26 Å². The summed E-state index contributed by atoms with van der Waals surface area (Å²) in [6.07, 6.45) is 0.864. The largest absolute Gasteiger partial charge is 0.385 e. The van der Waals surface area contributed by atoms with Gasteiger partial charge in [0.1, 0.15) is 0 Å². The van der Waals surface area contributed by atoms with E-state index in [0.717, 1.165) is 18.7 Å². The highest BCUT2D eigenvalue weighted by molar-refractivity contribution is 6.01. The van der Waals surface area contributed by atoms with Gasteiger partial charge in [0.2, 0.25) is 5.91 Å². The fraction of sp³-hybridized carbons (Fsp3) is 0.385. The molecule has 0 fully saturated rings. The van der Waals surface area contributed by atoms with Gasteiger partial charge in [0.15, 0.2) is 0 Å². The third-order valence-electron chi connectivity index (χ3n) is 2.85. The molecular weight excluding hydrogens is 230 g/mol. The van der Waals surface area contributed by atoms with Crippen LogP contribution >= 0.6 is 0 Å². The Morgan fingerprint density at radius 1 is 1.56 bits per heavy atom. The van der Waals surface area contributed by atoms with E-state index in [9.17, 15) is 4.79 Å². The topological polar surface area (TPSA) is 65.4 Å². The van der Waals surface area contributed by atoms with Crippen molar-refractivity contribution in [2.45, 2.75) is 6.42 Å². The Morgan fingerprint density at radius 3 is 3.11 bits per heavy atom. The highest BCUT2D eigenvalue weighted by atomic mass is 16.5. The number of anilines is 2. The second-order valence-electron chi connectivity index (χ2n) is 4.16. The number of nitrogens with one attached hydrogen (secondary N) is 1. The monoisotopic (exact) mass is 245 g/mol. The van der Waals surface area contributed by atoms with Gasteiger partial charge in [0.25, 0.3) is 0 Å². The molecule has 5 nitrogen and oxygen atoms in total. The first-order chi connectivity index (χ1) is 8.74. The number of fused-ring (bicyclic) bond motifs is 1. The molecule has 0 aromatic heterocycles. The van der Waals surface area contributed by atoms with Crippen molar-refractivity contribution in [3.8, 4) is 6.07 Å². The number of ether oxygens (including phenoxy) is 1. The molecule has 0 spiro atoms. The lowest BCUT2D eigenvalue weighted by atomic mass is 10.1. The van der Waals surface area contributed by atoms with Crippen LogP contribution in [0.3, 0.4) is 0 Å². The molecule has 0 saturated carbocycles. The van der Waals surface area contributed by atoms with Crippen LogP contribution in [-0.4, -0.2) is 32.7 Å². The molecule has 0 unspecified atom stereocenters. The Labute approximate surface area is 106 Å². The van der Waals surface area contributed by atoms with Crippen molar-refractivity contribution in [2.24, 2.45) is 0 Å². The molecule has 94 valence electrons. The molecular formula is C13H15N3O2. The maximum atomic E-state index is 11.6. The summed E-state index contributed by atoms with van der Waals surface area (Å²) >= 11 is 0. The van der Waals surface area contributed by atoms with E-state index in [1.165, 1.54) is 0 Å². The Balaban J connectivity index is 2.20. The zero-order chi connectivity index (χ0) is 13.0. The Kier molecular flexibility index (Phi) is 3.80. The van der Waals surface area contributed by atoms with E-state index in [1.54, 1.807) is 19.2 Å². The van der Waals surface area contributed by atoms with Crippen LogP contribution in [-0.2, 0) is 9.53 Å². The minimum Gasteiger partial charge on any atom is -0.385 e. The summed E-state index contributed by atoms with van der Waals surface area (Å²) in [5.74, 6) is -0.0463. The quantitative estimate of drug-likeness (QED) is 0.813. The maximum absolute atomic E-state index is 11.6. The summed E-state index contributed by atoms with van der Waals surface area (Å²) in [4.78, 5) is 13.6. The van der Waals surface area contributed by atoms with E-state index < -0.39 is 0 Å². The van der Waals surface area contributed by atoms with Crippen LogP contribution in [0, 0.1) is 11.3 Å². The van der Waals surface area contributed by atoms with Crippen molar-refractivity contribution in [1.29, 1.82) is 5.26 Å². The molecule has 0 saturated heterocycles. The van der Waals surface area contributed by atoms with Gasteiger partial charge >= 0.3 is 0 Å². The summed E-state index contributed by atoms with van der Waals surface area (Å²) < 4.78 is 5.01. The van der Waals surface area contributed by atoms with Crippen LogP contribution in [0.15, 0.2) is 18.2 Å². The predicted octanol–water partition coefficient (Wildman–Crippen LogP) is 1.35. The van der Waals surface area contributed by atoms with Gasteiger partial charge in [-0.1, -0.05) is 0 Å². The summed E-state index contributed by atoms with van der Waals surface area (Å²) in [5.41, 5.74) is 2.22. The number of nitriles is 1. The van der Waals surface area contributed by atoms with Crippen molar-refractivity contribution in [1.82, 2.24) is 0 Å². The fourth-order valence-electron chi connectivity index (χ4n) is 2.03. The third-order valence-corrected chi connectivity index (χ3v) is 2.85. The van der Waals surface area contributed by atoms with Crippen LogP contribution in [0.5, 0.6) is 0 Å². The van der Waals surface area contributed by atoms with Crippen LogP contribution in [0.1, 0.15) is 12.0 Å². The molecule has 0 aliphatic carbocycles. The Bertz CT molecular complexity index is 493. The standard InChI is InChI=1S/C13H15N3O2/c1-18-6-2-5-16-9-13(17)15-11-7-10(8-14)3-4-12(11)16/h3-4,7H,2,5-6,9H2,1H3,(H,15,17). The first kappa shape index (κ1) is 12.4. The van der Waals surface area contributed by atoms with Gasteiger partial charge in [-0.3, -0.25) is 4.79 Å². The minimum atomic E-state index is -0.0463. The molecule has 5 heteroatoms. The highest BCUT2D eigenvalue weighted by Crippen LogP contribution is 2.30. The maximum Gasteiger partial charge on any atom is 0.243 e. The molecule has 18 heavy (non-hydrogen) atoms. The van der Waals surface area contributed by atoms with E-state index in [-0.39, 0.29) is 5.91 Å². The first-order valence-electron chi connectivity index (χ1n) is 5.82. The van der Waals surface area contributed by atoms with Gasteiger partial charge in [-0.15, -0.1) is 0 Å². The zero-order valence-corrected chi connectivity index (χ0v) is 10.3. The van der Waals surface area contributed by atoms with Crippen molar-refractivity contribution < 1.29 is 9.53 Å². The number of carbonyl (C=O) groups excluding carboxylic acids is 1. The minimum absolute atomic E-state index is 0.0463. The first-order valence-corrected chi connectivity index (χ1v) is 5.82. The predicted molar refractivity (Wildman–Crippen MR) is 68.5 cm³/mol. The number of hydrogen-bond acceptors (Lipinski definition) is 4. The van der Waals surface area contributed by atoms with Gasteiger partial charge in [0.05, 0.1) is 29.6 Å². The van der Waals surface area contributed by atoms with E-state index in [4.69, 9.17) is 10.00 Å². The molecule has 0 atom stereocenters. The highest BCUT2D eigenvalue weighted by Gasteiger charge is 2.21. The molecule has 1 N–H and O–H groups in total. The number of benzene rings is 1. The summed E-state index contributed by atoms with van der Waals surface area (Å²) in [5, 5.41) is 11.6.